The van der Waals surface area contributed by atoms with Crippen molar-refractivity contribution in [2.45, 2.75) is 13.0 Å². The van der Waals surface area contributed by atoms with E-state index < -0.39 is 0 Å². The van der Waals surface area contributed by atoms with Crippen molar-refractivity contribution >= 4 is 28.5 Å². The number of hydrogen-bond acceptors (Lipinski definition) is 8. The zero-order valence-electron chi connectivity index (χ0n) is 21.0. The van der Waals surface area contributed by atoms with Gasteiger partial charge in [-0.25, -0.2) is 4.68 Å². The molecule has 36 heavy (non-hydrogen) atoms. The Morgan fingerprint density at radius 2 is 1.58 bits per heavy atom. The molecule has 4 heterocycles. The number of benzene rings is 2. The minimum atomic E-state index is 0.777. The third-order valence-electron chi connectivity index (χ3n) is 7.16. The number of rotatable bonds is 6. The van der Waals surface area contributed by atoms with E-state index in [1.54, 1.807) is 14.2 Å². The minimum Gasteiger partial charge on any atom is -0.497 e. The first-order valence-corrected chi connectivity index (χ1v) is 12.4. The molecule has 9 nitrogen and oxygen atoms in total. The maximum atomic E-state index is 5.41. The van der Waals surface area contributed by atoms with Crippen molar-refractivity contribution in [1.29, 1.82) is 0 Å². The molecule has 2 aliphatic heterocycles. The van der Waals surface area contributed by atoms with Gasteiger partial charge in [-0.2, -0.15) is 15.1 Å². The summed E-state index contributed by atoms with van der Waals surface area (Å²) in [6, 6.07) is 16.5. The highest BCUT2D eigenvalue weighted by atomic mass is 16.5. The second kappa shape index (κ2) is 9.22. The minimum absolute atomic E-state index is 0.777. The van der Waals surface area contributed by atoms with Crippen molar-refractivity contribution < 1.29 is 9.47 Å². The predicted octanol–water partition coefficient (Wildman–Crippen LogP) is 3.27. The highest BCUT2D eigenvalue weighted by Crippen LogP contribution is 2.34. The number of anilines is 3. The first-order valence-electron chi connectivity index (χ1n) is 12.4. The second-order valence-corrected chi connectivity index (χ2v) is 9.31. The van der Waals surface area contributed by atoms with Crippen LogP contribution in [-0.2, 0) is 20.0 Å². The maximum absolute atomic E-state index is 5.41. The second-order valence-electron chi connectivity index (χ2n) is 9.31. The van der Waals surface area contributed by atoms with E-state index in [1.165, 1.54) is 11.3 Å². The first kappa shape index (κ1) is 22.5. The predicted molar refractivity (Wildman–Crippen MR) is 141 cm³/mol. The van der Waals surface area contributed by atoms with Crippen molar-refractivity contribution in [1.82, 2.24) is 19.7 Å². The molecule has 4 aromatic rings. The molecular formula is C27H31N7O2. The molecular weight excluding hydrogens is 454 g/mol. The van der Waals surface area contributed by atoms with Crippen molar-refractivity contribution in [2.75, 3.05) is 61.6 Å². The molecule has 1 fully saturated rings. The van der Waals surface area contributed by atoms with E-state index in [0.29, 0.717) is 0 Å². The summed E-state index contributed by atoms with van der Waals surface area (Å²) in [5.41, 5.74) is 4.40. The smallest absolute Gasteiger partial charge is 0.229 e. The number of piperazine rings is 1. The normalized spacial score (nSPS) is 15.5. The van der Waals surface area contributed by atoms with Crippen LogP contribution in [0.1, 0.15) is 11.3 Å². The summed E-state index contributed by atoms with van der Waals surface area (Å²) < 4.78 is 12.6. The fourth-order valence-electron chi connectivity index (χ4n) is 5.17. The highest BCUT2D eigenvalue weighted by molar-refractivity contribution is 5.92. The molecule has 2 aromatic heterocycles. The fraction of sp³-hybridized carbons (Fsp3) is 0.370. The van der Waals surface area contributed by atoms with Gasteiger partial charge in [-0.15, -0.1) is 0 Å². The van der Waals surface area contributed by atoms with Gasteiger partial charge in [0.2, 0.25) is 5.95 Å². The third-order valence-corrected chi connectivity index (χ3v) is 7.16. The molecule has 1 saturated heterocycles. The van der Waals surface area contributed by atoms with Crippen LogP contribution in [-0.4, -0.2) is 66.7 Å². The Balaban J connectivity index is 1.27. The Hall–Kier alpha value is -4.01. The van der Waals surface area contributed by atoms with E-state index >= 15 is 0 Å². The number of methoxy groups -OCH3 is 2. The van der Waals surface area contributed by atoms with E-state index in [0.717, 1.165) is 85.7 Å². The zero-order valence-corrected chi connectivity index (χ0v) is 21.0. The summed E-state index contributed by atoms with van der Waals surface area (Å²) >= 11 is 0. The molecule has 2 aromatic carbocycles. The highest BCUT2D eigenvalue weighted by Gasteiger charge is 2.28. The molecule has 0 radical (unpaired) electrons. The Morgan fingerprint density at radius 3 is 2.33 bits per heavy atom. The van der Waals surface area contributed by atoms with Gasteiger partial charge in [0.1, 0.15) is 17.3 Å². The maximum Gasteiger partial charge on any atom is 0.229 e. The van der Waals surface area contributed by atoms with Crippen LogP contribution in [0.5, 0.6) is 11.5 Å². The van der Waals surface area contributed by atoms with Crippen LogP contribution in [0.3, 0.4) is 0 Å². The molecule has 9 heteroatoms. The van der Waals surface area contributed by atoms with Crippen LogP contribution in [0.4, 0.5) is 17.5 Å². The Bertz CT molecular complexity index is 1380. The quantitative estimate of drug-likeness (QED) is 0.412. The van der Waals surface area contributed by atoms with Gasteiger partial charge in [-0.05, 0) is 29.8 Å². The van der Waals surface area contributed by atoms with Crippen LogP contribution in [0, 0.1) is 0 Å². The van der Waals surface area contributed by atoms with Gasteiger partial charge >= 0.3 is 0 Å². The van der Waals surface area contributed by atoms with Gasteiger partial charge in [0, 0.05) is 64.5 Å². The number of aryl methyl sites for hydroxylation is 1. The zero-order chi connectivity index (χ0) is 24.6. The topological polar surface area (TPSA) is 71.8 Å². The van der Waals surface area contributed by atoms with Crippen LogP contribution < -0.4 is 24.2 Å². The summed E-state index contributed by atoms with van der Waals surface area (Å²) in [4.78, 5) is 17.2. The van der Waals surface area contributed by atoms with Crippen LogP contribution in [0.25, 0.3) is 11.0 Å². The Labute approximate surface area is 210 Å². The van der Waals surface area contributed by atoms with Crippen LogP contribution in [0.15, 0.2) is 48.5 Å². The molecule has 0 bridgehead atoms. The molecule has 0 atom stereocenters. The Morgan fingerprint density at radius 1 is 0.833 bits per heavy atom. The summed E-state index contributed by atoms with van der Waals surface area (Å²) in [7, 11) is 5.38. The Kier molecular flexibility index (Phi) is 5.75. The SMILES string of the molecule is COc1ccc(CN2CCc3nn(C)c4nc(N5CCN(c6cccc(OC)c6)CC5)nc2c34)cc1. The molecule has 0 aliphatic carbocycles. The van der Waals surface area contributed by atoms with E-state index in [2.05, 4.69) is 39.0 Å². The first-order chi connectivity index (χ1) is 17.6. The lowest BCUT2D eigenvalue weighted by molar-refractivity contribution is 0.414. The molecule has 0 amide bonds. The number of aromatic nitrogens is 4. The number of hydrogen-bond donors (Lipinski definition) is 0. The van der Waals surface area contributed by atoms with Crippen LogP contribution >= 0.6 is 0 Å². The molecule has 186 valence electrons. The van der Waals surface area contributed by atoms with E-state index in [4.69, 9.17) is 24.5 Å². The van der Waals surface area contributed by atoms with Gasteiger partial charge in [-0.3, -0.25) is 0 Å². The molecule has 6 rings (SSSR count). The van der Waals surface area contributed by atoms with Crippen LogP contribution in [0.2, 0.25) is 0 Å². The van der Waals surface area contributed by atoms with Crippen molar-refractivity contribution in [3.8, 4) is 11.5 Å². The van der Waals surface area contributed by atoms with Gasteiger partial charge in [0.15, 0.2) is 5.65 Å². The van der Waals surface area contributed by atoms with Crippen molar-refractivity contribution in [2.24, 2.45) is 7.05 Å². The van der Waals surface area contributed by atoms with Crippen molar-refractivity contribution in [3.05, 3.63) is 59.8 Å². The average molecular weight is 486 g/mol. The monoisotopic (exact) mass is 485 g/mol. The fourth-order valence-corrected chi connectivity index (χ4v) is 5.17. The molecule has 0 N–H and O–H groups in total. The standard InChI is InChI=1S/C27H31N7O2/c1-31-25-24-23(30-31)11-12-34(18-19-7-9-21(35-2)10-8-19)26(24)29-27(28-25)33-15-13-32(14-16-33)20-5-4-6-22(17-20)36-3/h4-10,17H,11-16,18H2,1-3H3. The van der Waals surface area contributed by atoms with Gasteiger partial charge in [-0.1, -0.05) is 18.2 Å². The molecule has 2 aliphatic rings. The van der Waals surface area contributed by atoms with Crippen molar-refractivity contribution in [3.63, 3.8) is 0 Å². The van der Waals surface area contributed by atoms with Gasteiger partial charge in [0.05, 0.1) is 25.3 Å². The van der Waals surface area contributed by atoms with Gasteiger partial charge < -0.3 is 24.2 Å². The van der Waals surface area contributed by atoms with E-state index in [1.807, 2.05) is 36.0 Å². The molecule has 0 saturated carbocycles. The van der Waals surface area contributed by atoms with E-state index in [9.17, 15) is 0 Å². The summed E-state index contributed by atoms with van der Waals surface area (Å²) in [6.07, 6.45) is 0.891. The lowest BCUT2D eigenvalue weighted by Gasteiger charge is -2.37. The van der Waals surface area contributed by atoms with E-state index in [-0.39, 0.29) is 0 Å². The summed E-state index contributed by atoms with van der Waals surface area (Å²) in [5.74, 6) is 3.51. The lowest BCUT2D eigenvalue weighted by Crippen LogP contribution is -2.47. The lowest BCUT2D eigenvalue weighted by atomic mass is 10.1. The molecule has 0 spiro atoms. The third kappa shape index (κ3) is 4.04. The summed E-state index contributed by atoms with van der Waals surface area (Å²) in [6.45, 7) is 5.17. The number of nitrogens with zero attached hydrogens (tertiary/aromatic N) is 7. The summed E-state index contributed by atoms with van der Waals surface area (Å²) in [5, 5.41) is 5.85. The number of ether oxygens (including phenoxy) is 2. The molecule has 0 unspecified atom stereocenters. The largest absolute Gasteiger partial charge is 0.497 e. The average Bonchev–Trinajstić information content (AvgIpc) is 3.26. The van der Waals surface area contributed by atoms with Gasteiger partial charge in [0.25, 0.3) is 0 Å².